The molecule has 29 heavy (non-hydrogen) atoms. The number of benzene rings is 1. The number of likely N-dealkylation sites (tertiary alicyclic amines) is 1. The molecule has 2 atom stereocenters. The summed E-state index contributed by atoms with van der Waals surface area (Å²) in [7, 11) is 3.46. The van der Waals surface area contributed by atoms with E-state index in [0.29, 0.717) is 40.3 Å². The Hall–Kier alpha value is -3.44. The van der Waals surface area contributed by atoms with Crippen molar-refractivity contribution in [3.05, 3.63) is 42.0 Å². The summed E-state index contributed by atoms with van der Waals surface area (Å²) in [6.45, 7) is 1.89. The highest BCUT2D eigenvalue weighted by molar-refractivity contribution is 6.29. The van der Waals surface area contributed by atoms with Gasteiger partial charge < -0.3 is 15.7 Å². The van der Waals surface area contributed by atoms with Gasteiger partial charge in [-0.05, 0) is 31.2 Å². The summed E-state index contributed by atoms with van der Waals surface area (Å²) in [5.41, 5.74) is 8.43. The zero-order valence-corrected chi connectivity index (χ0v) is 16.5. The van der Waals surface area contributed by atoms with Crippen LogP contribution in [-0.4, -0.2) is 57.4 Å². The molecule has 3 N–H and O–H groups in total. The van der Waals surface area contributed by atoms with Crippen LogP contribution < -0.4 is 11.5 Å². The molecule has 144 valence electrons. The van der Waals surface area contributed by atoms with E-state index in [9.17, 15) is 9.90 Å². The molecule has 0 aliphatic carbocycles. The van der Waals surface area contributed by atoms with Crippen LogP contribution in [0.5, 0.6) is 0 Å². The van der Waals surface area contributed by atoms with Crippen molar-refractivity contribution in [3.63, 3.8) is 0 Å². The lowest BCUT2D eigenvalue weighted by Crippen LogP contribution is -2.37. The van der Waals surface area contributed by atoms with Crippen molar-refractivity contribution >= 4 is 36.3 Å². The smallest absolute Gasteiger partial charge is 0.267 e. The summed E-state index contributed by atoms with van der Waals surface area (Å²) in [4.78, 5) is 26.9. The van der Waals surface area contributed by atoms with Crippen molar-refractivity contribution < 1.29 is 9.90 Å². The minimum absolute atomic E-state index is 0.0498. The lowest BCUT2D eigenvalue weighted by molar-refractivity contribution is -0.138. The molecule has 1 aromatic carbocycles. The number of hydrogen-bond donors (Lipinski definition) is 2. The van der Waals surface area contributed by atoms with Crippen molar-refractivity contribution in [1.29, 1.82) is 0 Å². The highest BCUT2D eigenvalue weighted by Gasteiger charge is 2.46. The van der Waals surface area contributed by atoms with Gasteiger partial charge in [-0.25, -0.2) is 15.0 Å². The fourth-order valence-corrected chi connectivity index (χ4v) is 3.50. The Morgan fingerprint density at radius 1 is 1.28 bits per heavy atom. The summed E-state index contributed by atoms with van der Waals surface area (Å²) < 4.78 is 0. The van der Waals surface area contributed by atoms with Gasteiger partial charge in [0.05, 0.1) is 16.9 Å². The largest absolute Gasteiger partial charge is 0.382 e. The average molecular weight is 385 g/mol. The number of nitrogens with zero attached hydrogens (tertiary/aromatic N) is 4. The molecule has 0 bridgehead atoms. The maximum Gasteiger partial charge on any atom is 0.267 e. The van der Waals surface area contributed by atoms with Crippen LogP contribution in [0, 0.1) is 11.8 Å². The number of amides is 1. The molecular formula is C21H20BN5O2. The van der Waals surface area contributed by atoms with Crippen LogP contribution in [-0.2, 0) is 4.79 Å². The minimum atomic E-state index is -1.64. The normalized spacial score (nSPS) is 21.3. The second kappa shape index (κ2) is 6.87. The van der Waals surface area contributed by atoms with E-state index in [1.165, 1.54) is 4.90 Å². The Labute approximate surface area is 169 Å². The number of nitrogens with two attached hydrogens (primary N) is 1. The number of aromatic nitrogens is 3. The van der Waals surface area contributed by atoms with E-state index in [-0.39, 0.29) is 11.9 Å². The van der Waals surface area contributed by atoms with Gasteiger partial charge in [0.1, 0.15) is 5.52 Å². The van der Waals surface area contributed by atoms with Gasteiger partial charge in [-0.15, -0.1) is 0 Å². The van der Waals surface area contributed by atoms with Crippen molar-refractivity contribution in [3.8, 4) is 23.1 Å². The van der Waals surface area contributed by atoms with E-state index in [4.69, 9.17) is 5.73 Å². The number of rotatable bonds is 1. The monoisotopic (exact) mass is 385 g/mol. The van der Waals surface area contributed by atoms with Crippen LogP contribution in [0.1, 0.15) is 18.9 Å². The SMILES string of the molecule is Bc1nc(N)c2nc(-c3cccc(C#C[C@@]4(O)C[C@H](C)N(C)C4=O)c3)ccc2n1. The topological polar surface area (TPSA) is 105 Å². The van der Waals surface area contributed by atoms with Gasteiger partial charge >= 0.3 is 0 Å². The summed E-state index contributed by atoms with van der Waals surface area (Å²) in [6, 6.07) is 11.1. The fourth-order valence-electron chi connectivity index (χ4n) is 3.50. The number of pyridine rings is 1. The number of fused-ring (bicyclic) bond motifs is 1. The molecule has 3 heterocycles. The van der Waals surface area contributed by atoms with Crippen molar-refractivity contribution in [1.82, 2.24) is 19.9 Å². The Morgan fingerprint density at radius 3 is 2.79 bits per heavy atom. The molecule has 0 radical (unpaired) electrons. The van der Waals surface area contributed by atoms with E-state index in [0.717, 1.165) is 5.56 Å². The molecule has 1 amide bonds. The maximum atomic E-state index is 12.3. The van der Waals surface area contributed by atoms with E-state index in [2.05, 4.69) is 26.8 Å². The predicted molar refractivity (Wildman–Crippen MR) is 114 cm³/mol. The molecule has 8 heteroatoms. The zero-order chi connectivity index (χ0) is 20.8. The van der Waals surface area contributed by atoms with Crippen LogP contribution in [0.2, 0.25) is 0 Å². The molecular weight excluding hydrogens is 365 g/mol. The Kier molecular flexibility index (Phi) is 4.48. The number of carbonyl (C=O) groups is 1. The molecule has 1 saturated heterocycles. The molecule has 0 unspecified atom stereocenters. The van der Waals surface area contributed by atoms with Gasteiger partial charge in [-0.3, -0.25) is 4.79 Å². The lowest BCUT2D eigenvalue weighted by atomic mass is 10.00. The van der Waals surface area contributed by atoms with Gasteiger partial charge in [0.25, 0.3) is 5.91 Å². The van der Waals surface area contributed by atoms with Crippen molar-refractivity contribution in [2.24, 2.45) is 0 Å². The first-order valence-electron chi connectivity index (χ1n) is 9.31. The quantitative estimate of drug-likeness (QED) is 0.447. The summed E-state index contributed by atoms with van der Waals surface area (Å²) in [5, 5.41) is 10.6. The molecule has 0 spiro atoms. The van der Waals surface area contributed by atoms with Gasteiger partial charge in [0.2, 0.25) is 5.60 Å². The van der Waals surface area contributed by atoms with Gasteiger partial charge in [-0.2, -0.15) is 0 Å². The molecule has 2 aromatic heterocycles. The Morgan fingerprint density at radius 2 is 2.07 bits per heavy atom. The molecule has 1 aliphatic heterocycles. The average Bonchev–Trinajstić information content (AvgIpc) is 2.89. The summed E-state index contributed by atoms with van der Waals surface area (Å²) in [5.74, 6) is 5.68. The first kappa shape index (κ1) is 18.9. The summed E-state index contributed by atoms with van der Waals surface area (Å²) >= 11 is 0. The highest BCUT2D eigenvalue weighted by Crippen LogP contribution is 2.27. The Balaban J connectivity index is 1.69. The fraction of sp³-hybridized carbons (Fsp3) is 0.238. The number of likely N-dealkylation sites (N-methyl/N-ethyl adjacent to an activating group) is 1. The van der Waals surface area contributed by atoms with E-state index < -0.39 is 5.60 Å². The molecule has 7 nitrogen and oxygen atoms in total. The number of hydrogen-bond acceptors (Lipinski definition) is 6. The molecule has 4 rings (SSSR count). The molecule has 1 aliphatic rings. The predicted octanol–water partition coefficient (Wildman–Crippen LogP) is -0.134. The third kappa shape index (κ3) is 3.41. The van der Waals surface area contributed by atoms with Crippen molar-refractivity contribution in [2.45, 2.75) is 25.0 Å². The van der Waals surface area contributed by atoms with Crippen LogP contribution >= 0.6 is 0 Å². The third-order valence-corrected chi connectivity index (χ3v) is 5.18. The van der Waals surface area contributed by atoms with Crippen LogP contribution in [0.4, 0.5) is 5.82 Å². The standard InChI is InChI=1S/C21H20BN5O2/c1-12-11-21(29,19(28)27(12)2)9-8-13-4-3-5-14(10-13)15-6-7-16-17(24-15)18(23)26-20(22)25-16/h3-7,10,12,29H,11,22H2,1-2H3,(H2,23,25,26)/t12-,21+/m0/s1. The molecule has 1 fully saturated rings. The maximum absolute atomic E-state index is 12.3. The van der Waals surface area contributed by atoms with Gasteiger partial charge in [0, 0.05) is 30.6 Å². The Bertz CT molecular complexity index is 1200. The molecule has 3 aromatic rings. The summed E-state index contributed by atoms with van der Waals surface area (Å²) in [6.07, 6.45) is 0.292. The third-order valence-electron chi connectivity index (χ3n) is 5.18. The van der Waals surface area contributed by atoms with Crippen molar-refractivity contribution in [2.75, 3.05) is 12.8 Å². The van der Waals surface area contributed by atoms with Gasteiger partial charge in [0.15, 0.2) is 13.7 Å². The first-order chi connectivity index (χ1) is 13.8. The lowest BCUT2D eigenvalue weighted by Gasteiger charge is -2.14. The zero-order valence-electron chi connectivity index (χ0n) is 16.5. The first-order valence-corrected chi connectivity index (χ1v) is 9.31. The van der Waals surface area contributed by atoms with Gasteiger partial charge in [-0.1, -0.05) is 24.0 Å². The van der Waals surface area contributed by atoms with Crippen LogP contribution in [0.15, 0.2) is 36.4 Å². The van der Waals surface area contributed by atoms with E-state index in [1.54, 1.807) is 14.9 Å². The second-order valence-corrected chi connectivity index (χ2v) is 7.38. The number of aliphatic hydroxyl groups is 1. The van der Waals surface area contributed by atoms with E-state index in [1.807, 2.05) is 43.3 Å². The molecule has 0 saturated carbocycles. The minimum Gasteiger partial charge on any atom is -0.382 e. The van der Waals surface area contributed by atoms with Crippen LogP contribution in [0.25, 0.3) is 22.3 Å². The number of carbonyl (C=O) groups excluding carboxylic acids is 1. The second-order valence-electron chi connectivity index (χ2n) is 7.38. The highest BCUT2D eigenvalue weighted by atomic mass is 16.3. The van der Waals surface area contributed by atoms with E-state index >= 15 is 0 Å². The number of anilines is 1. The van der Waals surface area contributed by atoms with Crippen LogP contribution in [0.3, 0.4) is 0 Å². The number of nitrogen functional groups attached to an aromatic ring is 1.